The van der Waals surface area contributed by atoms with E-state index in [1.54, 1.807) is 0 Å². The van der Waals surface area contributed by atoms with Gasteiger partial charge in [-0.2, -0.15) is 4.39 Å². The normalized spacial score (nSPS) is 10.9. The van der Waals surface area contributed by atoms with Crippen molar-refractivity contribution in [3.05, 3.63) is 63.3 Å². The Hall–Kier alpha value is -3.36. The van der Waals surface area contributed by atoms with Gasteiger partial charge in [0.05, 0.1) is 14.2 Å². The second-order valence-electron chi connectivity index (χ2n) is 5.32. The molecule has 0 amide bonds. The highest BCUT2D eigenvalue weighted by atomic mass is 19.2. The third kappa shape index (κ3) is 2.80. The fraction of sp³-hybridized carbons (Fsp3) is 0.111. The lowest BCUT2D eigenvalue weighted by atomic mass is 10.0. The first kappa shape index (κ1) is 18.4. The highest BCUT2D eigenvalue weighted by Gasteiger charge is 2.30. The third-order valence-electron chi connectivity index (χ3n) is 3.85. The van der Waals surface area contributed by atoms with Crippen molar-refractivity contribution < 1.29 is 36.2 Å². The van der Waals surface area contributed by atoms with Gasteiger partial charge in [0.15, 0.2) is 28.5 Å². The number of benzene rings is 2. The van der Waals surface area contributed by atoms with Crippen molar-refractivity contribution in [3.63, 3.8) is 0 Å². The van der Waals surface area contributed by atoms with Crippen LogP contribution in [0.4, 0.5) is 17.6 Å². The number of fused-ring (bicyclic) bond motifs is 1. The van der Waals surface area contributed by atoms with Crippen LogP contribution in [0.25, 0.3) is 22.3 Å². The lowest BCUT2D eigenvalue weighted by Crippen LogP contribution is -2.20. The lowest BCUT2D eigenvalue weighted by molar-refractivity contribution is 0.0598. The summed E-state index contributed by atoms with van der Waals surface area (Å²) >= 11 is 0. The number of methoxy groups -OCH3 is 2. The van der Waals surface area contributed by atoms with Gasteiger partial charge in [-0.15, -0.1) is 0 Å². The highest BCUT2D eigenvalue weighted by molar-refractivity contribution is 5.99. The van der Waals surface area contributed by atoms with Crippen LogP contribution in [0.15, 0.2) is 33.5 Å². The van der Waals surface area contributed by atoms with E-state index in [1.165, 1.54) is 31.4 Å². The number of carbonyl (C=O) groups excluding carboxylic acids is 1. The van der Waals surface area contributed by atoms with Crippen LogP contribution in [0, 0.1) is 23.3 Å². The Balaban J connectivity index is 2.48. The fourth-order valence-corrected chi connectivity index (χ4v) is 2.52. The second-order valence-corrected chi connectivity index (χ2v) is 5.32. The Morgan fingerprint density at radius 1 is 0.926 bits per heavy atom. The molecule has 0 aliphatic carbocycles. The van der Waals surface area contributed by atoms with Crippen molar-refractivity contribution in [3.8, 4) is 17.1 Å². The summed E-state index contributed by atoms with van der Waals surface area (Å²) < 4.78 is 69.8. The number of rotatable bonds is 3. The molecule has 1 aromatic heterocycles. The summed E-state index contributed by atoms with van der Waals surface area (Å²) in [4.78, 5) is 24.7. The molecule has 0 aliphatic heterocycles. The summed E-state index contributed by atoms with van der Waals surface area (Å²) in [5.74, 6) is -9.50. The standard InChI is InChI=1S/C18H10F4O5/c1-25-8-5-3-7(4-6-8)16-10(18(24)26-2)15(23)9-11(19)12(20)13(21)14(22)17(9)27-16/h3-6H,1-2H3. The van der Waals surface area contributed by atoms with Crippen molar-refractivity contribution in [2.45, 2.75) is 0 Å². The molecule has 140 valence electrons. The van der Waals surface area contributed by atoms with E-state index in [9.17, 15) is 27.2 Å². The van der Waals surface area contributed by atoms with E-state index in [0.29, 0.717) is 5.75 Å². The molecular formula is C18H10F4O5. The molecule has 0 saturated heterocycles. The molecule has 3 aromatic rings. The van der Waals surface area contributed by atoms with Crippen LogP contribution in [-0.4, -0.2) is 20.2 Å². The molecule has 0 N–H and O–H groups in total. The molecule has 9 heteroatoms. The summed E-state index contributed by atoms with van der Waals surface area (Å²) in [6.45, 7) is 0. The van der Waals surface area contributed by atoms with Crippen LogP contribution in [0.3, 0.4) is 0 Å². The molecule has 3 rings (SSSR count). The molecule has 0 spiro atoms. The summed E-state index contributed by atoms with van der Waals surface area (Å²) in [6.07, 6.45) is 0. The van der Waals surface area contributed by atoms with E-state index in [2.05, 4.69) is 4.74 Å². The predicted molar refractivity (Wildman–Crippen MR) is 85.6 cm³/mol. The maximum atomic E-state index is 14.1. The predicted octanol–water partition coefficient (Wildman–Crippen LogP) is 3.81. The maximum absolute atomic E-state index is 14.1. The molecular weight excluding hydrogens is 372 g/mol. The Kier molecular flexibility index (Phi) is 4.61. The first-order valence-corrected chi connectivity index (χ1v) is 7.37. The van der Waals surface area contributed by atoms with E-state index < -0.39 is 57.0 Å². The molecule has 5 nitrogen and oxygen atoms in total. The Morgan fingerprint density at radius 3 is 2.07 bits per heavy atom. The van der Waals surface area contributed by atoms with Crippen LogP contribution in [0.1, 0.15) is 10.4 Å². The molecule has 0 aliphatic rings. The molecule has 0 saturated carbocycles. The quantitative estimate of drug-likeness (QED) is 0.298. The van der Waals surface area contributed by atoms with Crippen LogP contribution < -0.4 is 10.2 Å². The minimum Gasteiger partial charge on any atom is -0.497 e. The summed E-state index contributed by atoms with van der Waals surface area (Å²) in [5.41, 5.74) is -3.25. The topological polar surface area (TPSA) is 65.7 Å². The molecule has 0 bridgehead atoms. The monoisotopic (exact) mass is 382 g/mol. The largest absolute Gasteiger partial charge is 0.497 e. The van der Waals surface area contributed by atoms with Gasteiger partial charge in [0.25, 0.3) is 0 Å². The number of carbonyl (C=O) groups is 1. The van der Waals surface area contributed by atoms with Gasteiger partial charge in [-0.3, -0.25) is 4.79 Å². The molecule has 1 heterocycles. The van der Waals surface area contributed by atoms with Gasteiger partial charge in [0.1, 0.15) is 11.1 Å². The van der Waals surface area contributed by atoms with Gasteiger partial charge >= 0.3 is 5.97 Å². The van der Waals surface area contributed by atoms with Crippen molar-refractivity contribution in [2.75, 3.05) is 14.2 Å². The van der Waals surface area contributed by atoms with Gasteiger partial charge < -0.3 is 13.9 Å². The molecule has 0 radical (unpaired) electrons. The summed E-state index contributed by atoms with van der Waals surface area (Å²) in [6, 6.07) is 5.62. The highest BCUT2D eigenvalue weighted by Crippen LogP contribution is 2.32. The van der Waals surface area contributed by atoms with Crippen LogP contribution in [0.5, 0.6) is 5.75 Å². The zero-order valence-electron chi connectivity index (χ0n) is 13.9. The summed E-state index contributed by atoms with van der Waals surface area (Å²) in [7, 11) is 2.35. The number of ether oxygens (including phenoxy) is 2. The third-order valence-corrected chi connectivity index (χ3v) is 3.85. The molecule has 0 unspecified atom stereocenters. The lowest BCUT2D eigenvalue weighted by Gasteiger charge is -2.11. The van der Waals surface area contributed by atoms with Gasteiger partial charge in [-0.25, -0.2) is 18.0 Å². The number of esters is 1. The SMILES string of the molecule is COC(=O)c1c(-c2ccc(OC)cc2)oc2c(F)c(F)c(F)c(F)c2c1=O. The first-order chi connectivity index (χ1) is 12.8. The Labute approximate surface area is 148 Å². The van der Waals surface area contributed by atoms with Crippen LogP contribution in [0.2, 0.25) is 0 Å². The second kappa shape index (κ2) is 6.75. The van der Waals surface area contributed by atoms with Crippen molar-refractivity contribution in [2.24, 2.45) is 0 Å². The minimum atomic E-state index is -2.19. The van der Waals surface area contributed by atoms with Gasteiger partial charge in [-0.1, -0.05) is 0 Å². The van der Waals surface area contributed by atoms with Crippen molar-refractivity contribution in [1.82, 2.24) is 0 Å². The first-order valence-electron chi connectivity index (χ1n) is 7.37. The van der Waals surface area contributed by atoms with E-state index in [0.717, 1.165) is 7.11 Å². The number of hydrogen-bond acceptors (Lipinski definition) is 5. The van der Waals surface area contributed by atoms with Crippen molar-refractivity contribution in [1.29, 1.82) is 0 Å². The molecule has 0 fully saturated rings. The molecule has 0 atom stereocenters. The average molecular weight is 382 g/mol. The zero-order valence-corrected chi connectivity index (χ0v) is 13.9. The Morgan fingerprint density at radius 2 is 1.52 bits per heavy atom. The van der Waals surface area contributed by atoms with E-state index in [1.807, 2.05) is 0 Å². The average Bonchev–Trinajstić information content (AvgIpc) is 2.69. The van der Waals surface area contributed by atoms with Crippen molar-refractivity contribution >= 4 is 16.9 Å². The van der Waals surface area contributed by atoms with Gasteiger partial charge in [0, 0.05) is 5.56 Å². The summed E-state index contributed by atoms with van der Waals surface area (Å²) in [5, 5.41) is -1.23. The van der Waals surface area contributed by atoms with E-state index in [4.69, 9.17) is 9.15 Å². The smallest absolute Gasteiger partial charge is 0.345 e. The molecule has 27 heavy (non-hydrogen) atoms. The number of hydrogen-bond donors (Lipinski definition) is 0. The minimum absolute atomic E-state index is 0.0970. The van der Waals surface area contributed by atoms with Gasteiger partial charge in [0.2, 0.25) is 17.1 Å². The van der Waals surface area contributed by atoms with E-state index >= 15 is 0 Å². The zero-order chi connectivity index (χ0) is 19.9. The van der Waals surface area contributed by atoms with Gasteiger partial charge in [-0.05, 0) is 24.3 Å². The molecule has 2 aromatic carbocycles. The maximum Gasteiger partial charge on any atom is 0.345 e. The Bertz CT molecular complexity index is 1120. The van der Waals surface area contributed by atoms with E-state index in [-0.39, 0.29) is 5.56 Å². The van der Waals surface area contributed by atoms with Crippen LogP contribution in [-0.2, 0) is 4.74 Å². The number of halogens is 4. The fourth-order valence-electron chi connectivity index (χ4n) is 2.52. The van der Waals surface area contributed by atoms with Crippen LogP contribution >= 0.6 is 0 Å².